The van der Waals surface area contributed by atoms with Crippen molar-refractivity contribution in [3.05, 3.63) is 93.7 Å². The summed E-state index contributed by atoms with van der Waals surface area (Å²) in [4.78, 5) is 22.4. The molecule has 3 heterocycles. The Labute approximate surface area is 176 Å². The highest BCUT2D eigenvalue weighted by Gasteiger charge is 2.26. The number of methoxy groups -OCH3 is 1. The third-order valence-corrected chi connectivity index (χ3v) is 5.41. The Bertz CT molecular complexity index is 1350. The number of benzene rings is 2. The molecule has 1 aliphatic heterocycles. The molecular formula is C23H18F2N4O2. The van der Waals surface area contributed by atoms with E-state index in [0.717, 1.165) is 11.6 Å². The average molecular weight is 420 g/mol. The summed E-state index contributed by atoms with van der Waals surface area (Å²) in [5.74, 6) is -0.203. The Morgan fingerprint density at radius 1 is 1.16 bits per heavy atom. The van der Waals surface area contributed by atoms with Crippen LogP contribution in [0.3, 0.4) is 0 Å². The summed E-state index contributed by atoms with van der Waals surface area (Å²) in [6.45, 7) is 0.418. The average Bonchev–Trinajstić information content (AvgIpc) is 2.90. The second kappa shape index (κ2) is 7.55. The van der Waals surface area contributed by atoms with Crippen LogP contribution in [0.15, 0.2) is 59.5 Å². The maximum absolute atomic E-state index is 13.8. The van der Waals surface area contributed by atoms with Gasteiger partial charge in [-0.05, 0) is 60.0 Å². The van der Waals surface area contributed by atoms with Crippen molar-refractivity contribution < 1.29 is 13.5 Å². The number of nitrogens with zero attached hydrogens (tertiary/aromatic N) is 3. The quantitative estimate of drug-likeness (QED) is 0.550. The predicted octanol–water partition coefficient (Wildman–Crippen LogP) is 3.45. The summed E-state index contributed by atoms with van der Waals surface area (Å²) >= 11 is 0. The van der Waals surface area contributed by atoms with Crippen molar-refractivity contribution in [1.82, 2.24) is 19.9 Å². The van der Waals surface area contributed by atoms with Gasteiger partial charge in [0.1, 0.15) is 23.2 Å². The van der Waals surface area contributed by atoms with Crippen molar-refractivity contribution in [3.8, 4) is 11.4 Å². The van der Waals surface area contributed by atoms with Crippen molar-refractivity contribution in [2.75, 3.05) is 7.11 Å². The topological polar surface area (TPSA) is 69.0 Å². The number of halogens is 2. The number of rotatable bonds is 3. The number of aromatic nitrogens is 3. The summed E-state index contributed by atoms with van der Waals surface area (Å²) in [5.41, 5.74) is 2.06. The monoisotopic (exact) mass is 420 g/mol. The lowest BCUT2D eigenvalue weighted by molar-refractivity contribution is 0.414. The molecule has 156 valence electrons. The van der Waals surface area contributed by atoms with Gasteiger partial charge in [-0.25, -0.2) is 18.7 Å². The van der Waals surface area contributed by atoms with E-state index < -0.39 is 17.7 Å². The first kappa shape index (κ1) is 19.3. The number of hydrogen-bond acceptors (Lipinski definition) is 5. The molecule has 0 saturated heterocycles. The number of hydrogen-bond donors (Lipinski definition) is 1. The van der Waals surface area contributed by atoms with Crippen LogP contribution < -0.4 is 15.6 Å². The van der Waals surface area contributed by atoms with Gasteiger partial charge < -0.3 is 10.1 Å². The molecule has 0 aliphatic carbocycles. The van der Waals surface area contributed by atoms with Crippen molar-refractivity contribution >= 4 is 11.0 Å². The highest BCUT2D eigenvalue weighted by atomic mass is 19.1. The third kappa shape index (κ3) is 3.44. The summed E-state index contributed by atoms with van der Waals surface area (Å²) in [6, 6.07) is 11.8. The van der Waals surface area contributed by atoms with Crippen molar-refractivity contribution in [3.63, 3.8) is 0 Å². The molecule has 1 aliphatic rings. The van der Waals surface area contributed by atoms with Gasteiger partial charge in [-0.15, -0.1) is 0 Å². The van der Waals surface area contributed by atoms with Crippen LogP contribution in [0, 0.1) is 11.6 Å². The van der Waals surface area contributed by atoms with E-state index in [1.807, 2.05) is 12.1 Å². The van der Waals surface area contributed by atoms with E-state index in [4.69, 9.17) is 4.74 Å². The Kier molecular flexibility index (Phi) is 4.71. The van der Waals surface area contributed by atoms with E-state index in [9.17, 15) is 13.6 Å². The molecule has 1 atom stereocenters. The molecule has 4 aromatic rings. The minimum atomic E-state index is -0.651. The van der Waals surface area contributed by atoms with E-state index in [-0.39, 0.29) is 12.0 Å². The van der Waals surface area contributed by atoms with Gasteiger partial charge in [0, 0.05) is 18.8 Å². The van der Waals surface area contributed by atoms with Crippen molar-refractivity contribution in [1.29, 1.82) is 0 Å². The Morgan fingerprint density at radius 2 is 1.97 bits per heavy atom. The molecule has 0 fully saturated rings. The zero-order chi connectivity index (χ0) is 21.5. The van der Waals surface area contributed by atoms with E-state index in [2.05, 4.69) is 15.3 Å². The first-order valence-corrected chi connectivity index (χ1v) is 9.77. The molecule has 0 unspecified atom stereocenters. The molecule has 0 saturated carbocycles. The SMILES string of the molecule is COc1ccc2c(c1)CN[C@@H](Cc1cc(F)cc(F)c1)c1nc3ncccc3c(=O)n1-2. The van der Waals surface area contributed by atoms with E-state index in [1.165, 1.54) is 12.1 Å². The molecule has 2 aromatic heterocycles. The molecule has 0 bridgehead atoms. The molecule has 8 heteroatoms. The van der Waals surface area contributed by atoms with Gasteiger partial charge in [-0.2, -0.15) is 0 Å². The summed E-state index contributed by atoms with van der Waals surface area (Å²) < 4.78 is 34.4. The molecule has 0 spiro atoms. The number of pyridine rings is 1. The minimum absolute atomic E-state index is 0.241. The van der Waals surface area contributed by atoms with Crippen LogP contribution in [0.5, 0.6) is 5.75 Å². The first-order valence-electron chi connectivity index (χ1n) is 9.77. The zero-order valence-electron chi connectivity index (χ0n) is 16.6. The molecule has 5 rings (SSSR count). The van der Waals surface area contributed by atoms with Crippen LogP contribution in [-0.4, -0.2) is 21.6 Å². The van der Waals surface area contributed by atoms with Gasteiger partial charge >= 0.3 is 0 Å². The standard InChI is InChI=1S/C23H18F2N4O2/c1-31-17-4-5-20-14(10-17)12-27-19(9-13-7-15(24)11-16(25)8-13)22-28-21-18(3-2-6-26-21)23(30)29(20)22/h2-8,10-11,19,27H,9,12H2,1H3/t19-/m0/s1. The lowest BCUT2D eigenvalue weighted by atomic mass is 10.0. The molecule has 6 nitrogen and oxygen atoms in total. The summed E-state index contributed by atoms with van der Waals surface area (Å²) in [5, 5.41) is 3.77. The predicted molar refractivity (Wildman–Crippen MR) is 111 cm³/mol. The second-order valence-electron chi connectivity index (χ2n) is 7.40. The van der Waals surface area contributed by atoms with Crippen LogP contribution in [0.25, 0.3) is 16.7 Å². The zero-order valence-corrected chi connectivity index (χ0v) is 16.6. The Balaban J connectivity index is 1.73. The maximum atomic E-state index is 13.8. The number of ether oxygens (including phenoxy) is 1. The lowest BCUT2D eigenvalue weighted by Crippen LogP contribution is -2.29. The third-order valence-electron chi connectivity index (χ3n) is 5.41. The van der Waals surface area contributed by atoms with Gasteiger partial charge in [0.15, 0.2) is 5.65 Å². The van der Waals surface area contributed by atoms with Gasteiger partial charge in [0.25, 0.3) is 5.56 Å². The van der Waals surface area contributed by atoms with Crippen LogP contribution in [0.2, 0.25) is 0 Å². The van der Waals surface area contributed by atoms with Crippen molar-refractivity contribution in [2.45, 2.75) is 19.0 Å². The van der Waals surface area contributed by atoms with Gasteiger partial charge in [-0.1, -0.05) is 0 Å². The smallest absolute Gasteiger partial charge is 0.267 e. The minimum Gasteiger partial charge on any atom is -0.497 e. The molecular weight excluding hydrogens is 402 g/mol. The fourth-order valence-electron chi connectivity index (χ4n) is 4.00. The van der Waals surface area contributed by atoms with Crippen LogP contribution >= 0.6 is 0 Å². The van der Waals surface area contributed by atoms with Crippen molar-refractivity contribution in [2.24, 2.45) is 0 Å². The normalized spacial score (nSPS) is 15.3. The summed E-state index contributed by atoms with van der Waals surface area (Å²) in [7, 11) is 1.58. The lowest BCUT2D eigenvalue weighted by Gasteiger charge is -2.19. The van der Waals surface area contributed by atoms with Gasteiger partial charge in [0.05, 0.1) is 24.2 Å². The fourth-order valence-corrected chi connectivity index (χ4v) is 4.00. The number of fused-ring (bicyclic) bond motifs is 4. The first-order chi connectivity index (χ1) is 15.0. The molecule has 2 aromatic carbocycles. The Hall–Kier alpha value is -3.65. The largest absolute Gasteiger partial charge is 0.497 e. The van der Waals surface area contributed by atoms with E-state index in [0.29, 0.717) is 40.4 Å². The highest BCUT2D eigenvalue weighted by Crippen LogP contribution is 2.29. The maximum Gasteiger partial charge on any atom is 0.267 e. The van der Waals surface area contributed by atoms with Crippen LogP contribution in [-0.2, 0) is 13.0 Å². The van der Waals surface area contributed by atoms with Gasteiger partial charge in [-0.3, -0.25) is 9.36 Å². The fraction of sp³-hybridized carbons (Fsp3) is 0.174. The molecule has 1 N–H and O–H groups in total. The van der Waals surface area contributed by atoms with Crippen LogP contribution in [0.1, 0.15) is 23.0 Å². The van der Waals surface area contributed by atoms with E-state index >= 15 is 0 Å². The summed E-state index contributed by atoms with van der Waals surface area (Å²) in [6.07, 6.45) is 1.82. The molecule has 0 radical (unpaired) electrons. The molecule has 31 heavy (non-hydrogen) atoms. The van der Waals surface area contributed by atoms with Crippen LogP contribution in [0.4, 0.5) is 8.78 Å². The number of nitrogens with one attached hydrogen (secondary N) is 1. The van der Waals surface area contributed by atoms with E-state index in [1.54, 1.807) is 36.1 Å². The Morgan fingerprint density at radius 3 is 2.74 bits per heavy atom. The van der Waals surface area contributed by atoms with Gasteiger partial charge in [0.2, 0.25) is 0 Å². The molecule has 0 amide bonds. The highest BCUT2D eigenvalue weighted by molar-refractivity contribution is 5.74. The second-order valence-corrected chi connectivity index (χ2v) is 7.40.